The van der Waals surface area contributed by atoms with Crippen molar-refractivity contribution in [1.82, 2.24) is 10.9 Å². The molecule has 0 saturated heterocycles. The van der Waals surface area contributed by atoms with E-state index < -0.39 is 11.8 Å². The van der Waals surface area contributed by atoms with Crippen LogP contribution < -0.4 is 20.5 Å². The molecule has 0 atom stereocenters. The molecule has 7 heteroatoms. The Labute approximate surface area is 171 Å². The highest BCUT2D eigenvalue weighted by Gasteiger charge is 2.11. The summed E-state index contributed by atoms with van der Waals surface area (Å²) in [6.07, 6.45) is 0. The summed E-state index contributed by atoms with van der Waals surface area (Å²) in [5.41, 5.74) is 6.10. The van der Waals surface area contributed by atoms with Gasteiger partial charge in [0.25, 0.3) is 11.8 Å². The molecule has 144 valence electrons. The molecule has 3 aromatic rings. The molecule has 0 aliphatic rings. The van der Waals surface area contributed by atoms with Gasteiger partial charge in [-0.3, -0.25) is 20.4 Å². The zero-order valence-electron chi connectivity index (χ0n) is 15.5. The second-order valence-corrected chi connectivity index (χ2v) is 7.13. The number of fused-ring (bicyclic) bond motifs is 1. The zero-order chi connectivity index (χ0) is 20.1. The van der Waals surface area contributed by atoms with Crippen LogP contribution in [0.5, 0.6) is 5.75 Å². The summed E-state index contributed by atoms with van der Waals surface area (Å²) in [4.78, 5) is 26.1. The molecule has 6 nitrogen and oxygen atoms in total. The van der Waals surface area contributed by atoms with E-state index in [4.69, 9.17) is 4.74 Å². The molecule has 3 aromatic carbocycles. The number of nitrogens with zero attached hydrogens (tertiary/aromatic N) is 1. The number of hydrazine groups is 1. The molecule has 0 bridgehead atoms. The van der Waals surface area contributed by atoms with Crippen molar-refractivity contribution in [2.45, 2.75) is 0 Å². The molecule has 0 saturated carbocycles. The van der Waals surface area contributed by atoms with Gasteiger partial charge in [-0.05, 0) is 51.0 Å². The largest absolute Gasteiger partial charge is 0.483 e. The summed E-state index contributed by atoms with van der Waals surface area (Å²) in [7, 11) is 3.78. The Morgan fingerprint density at radius 1 is 1.00 bits per heavy atom. The highest BCUT2D eigenvalue weighted by atomic mass is 79.9. The molecule has 0 aliphatic carbocycles. The predicted molar refractivity (Wildman–Crippen MR) is 114 cm³/mol. The van der Waals surface area contributed by atoms with Gasteiger partial charge < -0.3 is 9.64 Å². The Bertz CT molecular complexity index is 1020. The summed E-state index contributed by atoms with van der Waals surface area (Å²) in [6, 6.07) is 18.7. The van der Waals surface area contributed by atoms with Crippen molar-refractivity contribution < 1.29 is 14.3 Å². The molecule has 0 heterocycles. The minimum atomic E-state index is -0.461. The first kappa shape index (κ1) is 19.7. The first-order chi connectivity index (χ1) is 13.5. The minimum absolute atomic E-state index is 0.227. The van der Waals surface area contributed by atoms with E-state index >= 15 is 0 Å². The number of hydrogen-bond donors (Lipinski definition) is 2. The first-order valence-corrected chi connectivity index (χ1v) is 9.41. The number of benzene rings is 3. The molecule has 0 radical (unpaired) electrons. The van der Waals surface area contributed by atoms with Gasteiger partial charge >= 0.3 is 0 Å². The number of rotatable bonds is 5. The van der Waals surface area contributed by atoms with E-state index in [1.165, 1.54) is 0 Å². The standard InChI is InChI=1S/C21H20BrN3O3/c1-25(2)16-8-5-7-15(12-16)21(27)24-23-19(26)13-28-18-11-10-14-6-3-4-9-17(14)20(18)22/h3-12H,13H2,1-2H3,(H,23,26)(H,24,27). The van der Waals surface area contributed by atoms with Gasteiger partial charge in [0.15, 0.2) is 6.61 Å². The van der Waals surface area contributed by atoms with Crippen molar-refractivity contribution in [3.63, 3.8) is 0 Å². The van der Waals surface area contributed by atoms with Crippen LogP contribution in [0.15, 0.2) is 65.1 Å². The number of carbonyl (C=O) groups is 2. The summed E-state index contributed by atoms with van der Waals surface area (Å²) in [6.45, 7) is -0.227. The average Bonchev–Trinajstić information content (AvgIpc) is 2.71. The lowest BCUT2D eigenvalue weighted by Gasteiger charge is -2.14. The Morgan fingerprint density at radius 3 is 2.57 bits per heavy atom. The second kappa shape index (κ2) is 8.75. The molecule has 0 fully saturated rings. The maximum Gasteiger partial charge on any atom is 0.276 e. The number of hydrogen-bond acceptors (Lipinski definition) is 4. The zero-order valence-corrected chi connectivity index (χ0v) is 17.1. The van der Waals surface area contributed by atoms with Gasteiger partial charge in [0.2, 0.25) is 0 Å². The number of nitrogens with one attached hydrogen (secondary N) is 2. The summed E-state index contributed by atoms with van der Waals surface area (Å²) < 4.78 is 6.36. The average molecular weight is 442 g/mol. The molecule has 0 spiro atoms. The van der Waals surface area contributed by atoms with Crippen molar-refractivity contribution >= 4 is 44.2 Å². The maximum atomic E-state index is 12.2. The molecule has 0 unspecified atom stereocenters. The summed E-state index contributed by atoms with van der Waals surface area (Å²) in [5.74, 6) is -0.306. The van der Waals surface area contributed by atoms with Gasteiger partial charge in [0.05, 0.1) is 4.47 Å². The monoisotopic (exact) mass is 441 g/mol. The normalized spacial score (nSPS) is 10.4. The Morgan fingerprint density at radius 2 is 1.79 bits per heavy atom. The number of carbonyl (C=O) groups excluding carboxylic acids is 2. The van der Waals surface area contributed by atoms with Gasteiger partial charge in [-0.15, -0.1) is 0 Å². The summed E-state index contributed by atoms with van der Waals surface area (Å²) in [5, 5.41) is 2.06. The van der Waals surface area contributed by atoms with Gasteiger partial charge in [-0.1, -0.05) is 36.4 Å². The Kier molecular flexibility index (Phi) is 6.16. The second-order valence-electron chi connectivity index (χ2n) is 6.33. The van der Waals surface area contributed by atoms with Crippen LogP contribution in [0, 0.1) is 0 Å². The van der Waals surface area contributed by atoms with E-state index in [9.17, 15) is 9.59 Å². The lowest BCUT2D eigenvalue weighted by atomic mass is 10.1. The van der Waals surface area contributed by atoms with Crippen LogP contribution in [0.4, 0.5) is 5.69 Å². The van der Waals surface area contributed by atoms with E-state index in [1.807, 2.05) is 55.4 Å². The molecule has 3 rings (SSSR count). The molecule has 0 aliphatic heterocycles. The van der Waals surface area contributed by atoms with E-state index in [-0.39, 0.29) is 6.61 Å². The van der Waals surface area contributed by atoms with Crippen molar-refractivity contribution in [3.05, 3.63) is 70.7 Å². The van der Waals surface area contributed by atoms with Crippen LogP contribution in [0.1, 0.15) is 10.4 Å². The third kappa shape index (κ3) is 4.61. The van der Waals surface area contributed by atoms with Crippen LogP contribution in [0.2, 0.25) is 0 Å². The minimum Gasteiger partial charge on any atom is -0.483 e. The topological polar surface area (TPSA) is 70.7 Å². The summed E-state index contributed by atoms with van der Waals surface area (Å²) >= 11 is 3.51. The molecule has 0 aromatic heterocycles. The van der Waals surface area contributed by atoms with E-state index in [2.05, 4.69) is 26.8 Å². The van der Waals surface area contributed by atoms with Gasteiger partial charge in [-0.2, -0.15) is 0 Å². The van der Waals surface area contributed by atoms with Crippen LogP contribution >= 0.6 is 15.9 Å². The molecule has 2 amide bonds. The van der Waals surface area contributed by atoms with Crippen molar-refractivity contribution in [2.24, 2.45) is 0 Å². The highest BCUT2D eigenvalue weighted by Crippen LogP contribution is 2.32. The van der Waals surface area contributed by atoms with Crippen LogP contribution in [-0.2, 0) is 4.79 Å². The van der Waals surface area contributed by atoms with Crippen molar-refractivity contribution in [3.8, 4) is 5.75 Å². The molecular weight excluding hydrogens is 422 g/mol. The van der Waals surface area contributed by atoms with Crippen LogP contribution in [0.3, 0.4) is 0 Å². The lowest BCUT2D eigenvalue weighted by Crippen LogP contribution is -2.43. The molecular formula is C21H20BrN3O3. The number of anilines is 1. The Balaban J connectivity index is 1.56. The molecule has 2 N–H and O–H groups in total. The quantitative estimate of drug-likeness (QED) is 0.594. The third-order valence-electron chi connectivity index (χ3n) is 4.13. The maximum absolute atomic E-state index is 12.2. The smallest absolute Gasteiger partial charge is 0.276 e. The molecule has 28 heavy (non-hydrogen) atoms. The third-order valence-corrected chi connectivity index (χ3v) is 4.94. The number of halogens is 1. The first-order valence-electron chi connectivity index (χ1n) is 8.62. The van der Waals surface area contributed by atoms with Crippen molar-refractivity contribution in [1.29, 1.82) is 0 Å². The SMILES string of the molecule is CN(C)c1cccc(C(=O)NNC(=O)COc2ccc3ccccc3c2Br)c1. The Hall–Kier alpha value is -3.06. The van der Waals surface area contributed by atoms with E-state index in [0.29, 0.717) is 11.3 Å². The predicted octanol–water partition coefficient (Wildman–Crippen LogP) is 3.51. The highest BCUT2D eigenvalue weighted by molar-refractivity contribution is 9.10. The van der Waals surface area contributed by atoms with Crippen LogP contribution in [-0.4, -0.2) is 32.5 Å². The fraction of sp³-hybridized carbons (Fsp3) is 0.143. The van der Waals surface area contributed by atoms with Crippen molar-refractivity contribution in [2.75, 3.05) is 25.6 Å². The van der Waals surface area contributed by atoms with Gasteiger partial charge in [0.1, 0.15) is 5.75 Å². The van der Waals surface area contributed by atoms with Gasteiger partial charge in [0, 0.05) is 25.3 Å². The number of ether oxygens (including phenoxy) is 1. The number of amides is 2. The van der Waals surface area contributed by atoms with E-state index in [0.717, 1.165) is 20.9 Å². The van der Waals surface area contributed by atoms with Crippen LogP contribution in [0.25, 0.3) is 10.8 Å². The van der Waals surface area contributed by atoms with E-state index in [1.54, 1.807) is 24.3 Å². The lowest BCUT2D eigenvalue weighted by molar-refractivity contribution is -0.123. The fourth-order valence-electron chi connectivity index (χ4n) is 2.63. The fourth-order valence-corrected chi connectivity index (χ4v) is 3.24. The van der Waals surface area contributed by atoms with Gasteiger partial charge in [-0.25, -0.2) is 0 Å².